The minimum Gasteiger partial charge on any atom is -0.493 e. The third kappa shape index (κ3) is 6.01. The molecule has 0 saturated carbocycles. The number of amides is 2. The highest BCUT2D eigenvalue weighted by molar-refractivity contribution is 5.95. The van der Waals surface area contributed by atoms with Gasteiger partial charge in [0.2, 0.25) is 5.91 Å². The molecule has 0 spiro atoms. The van der Waals surface area contributed by atoms with E-state index in [1.54, 1.807) is 19.2 Å². The van der Waals surface area contributed by atoms with Crippen molar-refractivity contribution in [2.45, 2.75) is 46.2 Å². The molecule has 0 aliphatic heterocycles. The molecule has 1 aromatic carbocycles. The second-order valence-corrected chi connectivity index (χ2v) is 7.16. The number of carbonyl (C=O) groups excluding carboxylic acids is 2. The molecular formula is C22H30N2O5. The van der Waals surface area contributed by atoms with Gasteiger partial charge < -0.3 is 24.5 Å². The average Bonchev–Trinajstić information content (AvgIpc) is 3.24. The van der Waals surface area contributed by atoms with Gasteiger partial charge in [-0.1, -0.05) is 26.8 Å². The van der Waals surface area contributed by atoms with Crippen LogP contribution in [0.15, 0.2) is 41.0 Å². The van der Waals surface area contributed by atoms with Crippen LogP contribution >= 0.6 is 0 Å². The first-order valence-electron chi connectivity index (χ1n) is 9.82. The zero-order valence-corrected chi connectivity index (χ0v) is 17.7. The fraction of sp³-hybridized carbons (Fsp3) is 0.455. The Balaban J connectivity index is 2.07. The van der Waals surface area contributed by atoms with Gasteiger partial charge in [-0.15, -0.1) is 0 Å². The summed E-state index contributed by atoms with van der Waals surface area (Å²) >= 11 is 0. The first-order valence-corrected chi connectivity index (χ1v) is 9.82. The maximum Gasteiger partial charge on any atom is 0.287 e. The molecule has 0 saturated heterocycles. The Bertz CT molecular complexity index is 802. The zero-order chi connectivity index (χ0) is 21.4. The van der Waals surface area contributed by atoms with E-state index in [0.29, 0.717) is 18.1 Å². The highest BCUT2D eigenvalue weighted by Gasteiger charge is 2.27. The molecule has 2 rings (SSSR count). The average molecular weight is 402 g/mol. The maximum atomic E-state index is 12.8. The summed E-state index contributed by atoms with van der Waals surface area (Å²) in [6.07, 6.45) is 2.32. The number of carbonyl (C=O) groups is 2. The predicted octanol–water partition coefficient (Wildman–Crippen LogP) is 3.71. The lowest BCUT2D eigenvalue weighted by molar-refractivity contribution is -0.124. The Morgan fingerprint density at radius 3 is 2.45 bits per heavy atom. The molecule has 2 atom stereocenters. The molecule has 158 valence electrons. The number of ether oxygens (including phenoxy) is 2. The van der Waals surface area contributed by atoms with Gasteiger partial charge in [0.15, 0.2) is 17.3 Å². The first kappa shape index (κ1) is 22.3. The van der Waals surface area contributed by atoms with Gasteiger partial charge in [-0.3, -0.25) is 9.59 Å². The standard InChI is InChI=1S/C22H30N2O5/c1-6-11-28-17-10-9-16(13-19(17)27-5)15(4)23-22(26)20(14(2)3)24-21(25)18-8-7-12-29-18/h7-10,12-15,20H,6,11H2,1-5H3,(H,23,26)(H,24,25). The third-order valence-electron chi connectivity index (χ3n) is 4.49. The van der Waals surface area contributed by atoms with Gasteiger partial charge in [-0.2, -0.15) is 0 Å². The molecule has 29 heavy (non-hydrogen) atoms. The van der Waals surface area contributed by atoms with Crippen LogP contribution in [0.1, 0.15) is 56.3 Å². The van der Waals surface area contributed by atoms with Crippen LogP contribution < -0.4 is 20.1 Å². The second-order valence-electron chi connectivity index (χ2n) is 7.16. The van der Waals surface area contributed by atoms with E-state index in [-0.39, 0.29) is 23.6 Å². The van der Waals surface area contributed by atoms with Gasteiger partial charge in [-0.05, 0) is 49.1 Å². The topological polar surface area (TPSA) is 89.8 Å². The number of hydrogen-bond donors (Lipinski definition) is 2. The van der Waals surface area contributed by atoms with E-state index in [9.17, 15) is 9.59 Å². The lowest BCUT2D eigenvalue weighted by Crippen LogP contribution is -2.50. The van der Waals surface area contributed by atoms with Crippen LogP contribution in [-0.4, -0.2) is 31.6 Å². The summed E-state index contributed by atoms with van der Waals surface area (Å²) in [7, 11) is 1.58. The molecule has 0 bridgehead atoms. The van der Waals surface area contributed by atoms with E-state index in [1.807, 2.05) is 45.9 Å². The van der Waals surface area contributed by atoms with E-state index in [0.717, 1.165) is 12.0 Å². The van der Waals surface area contributed by atoms with Gasteiger partial charge in [0.1, 0.15) is 6.04 Å². The number of benzene rings is 1. The normalized spacial score (nSPS) is 12.9. The number of rotatable bonds is 10. The summed E-state index contributed by atoms with van der Waals surface area (Å²) in [6, 6.07) is 7.80. The lowest BCUT2D eigenvalue weighted by atomic mass is 10.0. The summed E-state index contributed by atoms with van der Waals surface area (Å²) in [5.74, 6) is 0.670. The SMILES string of the molecule is CCCOc1ccc(C(C)NC(=O)C(NC(=O)c2ccco2)C(C)C)cc1OC. The summed E-state index contributed by atoms with van der Waals surface area (Å²) in [6.45, 7) is 8.27. The van der Waals surface area contributed by atoms with Crippen molar-refractivity contribution < 1.29 is 23.5 Å². The van der Waals surface area contributed by atoms with Crippen LogP contribution in [0, 0.1) is 5.92 Å². The van der Waals surface area contributed by atoms with Crippen molar-refractivity contribution in [3.8, 4) is 11.5 Å². The van der Waals surface area contributed by atoms with Crippen molar-refractivity contribution in [2.75, 3.05) is 13.7 Å². The van der Waals surface area contributed by atoms with E-state index < -0.39 is 11.9 Å². The molecular weight excluding hydrogens is 372 g/mol. The van der Waals surface area contributed by atoms with Crippen molar-refractivity contribution in [3.63, 3.8) is 0 Å². The summed E-state index contributed by atoms with van der Waals surface area (Å²) in [5.41, 5.74) is 0.874. The molecule has 0 aliphatic carbocycles. The van der Waals surface area contributed by atoms with E-state index in [1.165, 1.54) is 6.26 Å². The van der Waals surface area contributed by atoms with Crippen LogP contribution in [0.4, 0.5) is 0 Å². The summed E-state index contributed by atoms with van der Waals surface area (Å²) in [4.78, 5) is 25.1. The molecule has 0 aliphatic rings. The monoisotopic (exact) mass is 402 g/mol. The van der Waals surface area contributed by atoms with Crippen molar-refractivity contribution in [1.29, 1.82) is 0 Å². The molecule has 1 aromatic heterocycles. The first-order chi connectivity index (χ1) is 13.9. The molecule has 2 aromatic rings. The minimum absolute atomic E-state index is 0.0968. The Hall–Kier alpha value is -2.96. The highest BCUT2D eigenvalue weighted by atomic mass is 16.5. The Morgan fingerprint density at radius 2 is 1.86 bits per heavy atom. The lowest BCUT2D eigenvalue weighted by Gasteiger charge is -2.24. The predicted molar refractivity (Wildman–Crippen MR) is 110 cm³/mol. The molecule has 1 heterocycles. The molecule has 7 heteroatoms. The Kier molecular flexibility index (Phi) is 8.12. The highest BCUT2D eigenvalue weighted by Crippen LogP contribution is 2.30. The van der Waals surface area contributed by atoms with Crippen molar-refractivity contribution >= 4 is 11.8 Å². The van der Waals surface area contributed by atoms with E-state index >= 15 is 0 Å². The van der Waals surface area contributed by atoms with Crippen molar-refractivity contribution in [3.05, 3.63) is 47.9 Å². The number of nitrogens with one attached hydrogen (secondary N) is 2. The number of hydrogen-bond acceptors (Lipinski definition) is 5. The zero-order valence-electron chi connectivity index (χ0n) is 17.7. The van der Waals surface area contributed by atoms with Crippen LogP contribution in [0.2, 0.25) is 0 Å². The van der Waals surface area contributed by atoms with Crippen molar-refractivity contribution in [2.24, 2.45) is 5.92 Å². The Morgan fingerprint density at radius 1 is 1.10 bits per heavy atom. The number of furan rings is 1. The van der Waals surface area contributed by atoms with Crippen LogP contribution in [0.3, 0.4) is 0 Å². The Labute approximate surface area is 171 Å². The van der Waals surface area contributed by atoms with Crippen LogP contribution in [-0.2, 0) is 4.79 Å². The van der Waals surface area contributed by atoms with Crippen molar-refractivity contribution in [1.82, 2.24) is 10.6 Å². The van der Waals surface area contributed by atoms with Crippen LogP contribution in [0.25, 0.3) is 0 Å². The molecule has 2 amide bonds. The summed E-state index contributed by atoms with van der Waals surface area (Å²) in [5, 5.41) is 5.70. The fourth-order valence-electron chi connectivity index (χ4n) is 2.83. The third-order valence-corrected chi connectivity index (χ3v) is 4.49. The van der Waals surface area contributed by atoms with Crippen LogP contribution in [0.5, 0.6) is 11.5 Å². The number of methoxy groups -OCH3 is 1. The fourth-order valence-corrected chi connectivity index (χ4v) is 2.83. The van der Waals surface area contributed by atoms with Gasteiger partial charge in [0.05, 0.1) is 26.0 Å². The van der Waals surface area contributed by atoms with Gasteiger partial charge in [0.25, 0.3) is 5.91 Å². The molecule has 2 unspecified atom stereocenters. The van der Waals surface area contributed by atoms with E-state index in [4.69, 9.17) is 13.9 Å². The second kappa shape index (κ2) is 10.5. The largest absolute Gasteiger partial charge is 0.493 e. The molecule has 2 N–H and O–H groups in total. The molecule has 7 nitrogen and oxygen atoms in total. The quantitative estimate of drug-likeness (QED) is 0.632. The van der Waals surface area contributed by atoms with E-state index in [2.05, 4.69) is 10.6 Å². The smallest absolute Gasteiger partial charge is 0.287 e. The minimum atomic E-state index is -0.691. The van der Waals surface area contributed by atoms with Gasteiger partial charge in [-0.25, -0.2) is 0 Å². The maximum absolute atomic E-state index is 12.8. The summed E-state index contributed by atoms with van der Waals surface area (Å²) < 4.78 is 16.2. The molecule has 0 radical (unpaired) electrons. The van der Waals surface area contributed by atoms with Gasteiger partial charge in [0, 0.05) is 0 Å². The van der Waals surface area contributed by atoms with Gasteiger partial charge >= 0.3 is 0 Å². The molecule has 0 fully saturated rings.